The highest BCUT2D eigenvalue weighted by Crippen LogP contribution is 2.16. The van der Waals surface area contributed by atoms with Crippen molar-refractivity contribution >= 4 is 29.3 Å². The molecule has 0 bridgehead atoms. The smallest absolute Gasteiger partial charge is 0.248 e. The molecule has 1 rings (SSSR count). The molecule has 1 aromatic carbocycles. The number of nitrogens with one attached hydrogen (secondary N) is 1. The zero-order chi connectivity index (χ0) is 14.4. The highest BCUT2D eigenvalue weighted by molar-refractivity contribution is 7.98. The van der Waals surface area contributed by atoms with Gasteiger partial charge >= 0.3 is 0 Å². The van der Waals surface area contributed by atoms with Crippen LogP contribution in [0.15, 0.2) is 18.2 Å². The van der Waals surface area contributed by atoms with E-state index in [1.54, 1.807) is 11.8 Å². The molecular weight excluding hydrogens is 269 g/mol. The Morgan fingerprint density at radius 2 is 2.16 bits per heavy atom. The molecule has 7 heteroatoms. The number of carbonyl (C=O) groups is 2. The van der Waals surface area contributed by atoms with Crippen molar-refractivity contribution in [3.05, 3.63) is 29.6 Å². The molecular formula is C12H16FN3O2S. The topological polar surface area (TPSA) is 98.2 Å². The molecule has 104 valence electrons. The number of anilines is 1. The number of amides is 2. The van der Waals surface area contributed by atoms with E-state index in [0.717, 1.165) is 11.8 Å². The Morgan fingerprint density at radius 1 is 1.47 bits per heavy atom. The third-order valence-electron chi connectivity index (χ3n) is 2.48. The molecule has 5 N–H and O–H groups in total. The van der Waals surface area contributed by atoms with Crippen LogP contribution < -0.4 is 16.8 Å². The van der Waals surface area contributed by atoms with Crippen LogP contribution in [0, 0.1) is 5.82 Å². The molecule has 0 aromatic heterocycles. The first-order chi connectivity index (χ1) is 8.95. The van der Waals surface area contributed by atoms with Gasteiger partial charge in [0.2, 0.25) is 11.8 Å². The largest absolute Gasteiger partial charge is 0.366 e. The van der Waals surface area contributed by atoms with Crippen molar-refractivity contribution in [3.8, 4) is 0 Å². The number of thioether (sulfide) groups is 1. The van der Waals surface area contributed by atoms with E-state index in [0.29, 0.717) is 6.42 Å². The summed E-state index contributed by atoms with van der Waals surface area (Å²) < 4.78 is 13.5. The Labute approximate surface area is 114 Å². The number of hydrogen-bond donors (Lipinski definition) is 3. The van der Waals surface area contributed by atoms with Gasteiger partial charge in [-0.25, -0.2) is 4.39 Å². The van der Waals surface area contributed by atoms with Crippen molar-refractivity contribution in [2.75, 3.05) is 17.3 Å². The molecule has 0 radical (unpaired) electrons. The van der Waals surface area contributed by atoms with E-state index in [9.17, 15) is 14.0 Å². The average molecular weight is 285 g/mol. The number of benzene rings is 1. The maximum Gasteiger partial charge on any atom is 0.248 e. The molecule has 1 aromatic rings. The van der Waals surface area contributed by atoms with Gasteiger partial charge in [0.05, 0.1) is 11.7 Å². The fraction of sp³-hybridized carbons (Fsp3) is 0.333. The lowest BCUT2D eigenvalue weighted by Gasteiger charge is -2.12. The molecule has 0 heterocycles. The second-order valence-corrected chi connectivity index (χ2v) is 4.92. The van der Waals surface area contributed by atoms with Crippen molar-refractivity contribution < 1.29 is 14.0 Å². The summed E-state index contributed by atoms with van der Waals surface area (Å²) in [7, 11) is 0. The minimum Gasteiger partial charge on any atom is -0.366 e. The molecule has 19 heavy (non-hydrogen) atoms. The van der Waals surface area contributed by atoms with Gasteiger partial charge in [-0.05, 0) is 36.6 Å². The highest BCUT2D eigenvalue weighted by Gasteiger charge is 2.15. The summed E-state index contributed by atoms with van der Waals surface area (Å²) in [5.74, 6) is -1.09. The van der Waals surface area contributed by atoms with Crippen LogP contribution in [0.4, 0.5) is 10.1 Å². The lowest BCUT2D eigenvalue weighted by molar-refractivity contribution is -0.117. The zero-order valence-corrected chi connectivity index (χ0v) is 11.3. The number of hydrogen-bond acceptors (Lipinski definition) is 4. The van der Waals surface area contributed by atoms with Gasteiger partial charge in [-0.2, -0.15) is 11.8 Å². The number of halogens is 1. The van der Waals surface area contributed by atoms with Crippen molar-refractivity contribution in [2.24, 2.45) is 11.5 Å². The Morgan fingerprint density at radius 3 is 2.74 bits per heavy atom. The molecule has 0 spiro atoms. The van der Waals surface area contributed by atoms with Crippen LogP contribution in [0.2, 0.25) is 0 Å². The molecule has 0 fully saturated rings. The second kappa shape index (κ2) is 7.10. The van der Waals surface area contributed by atoms with Crippen molar-refractivity contribution in [3.63, 3.8) is 0 Å². The van der Waals surface area contributed by atoms with E-state index in [1.807, 2.05) is 6.26 Å². The monoisotopic (exact) mass is 285 g/mol. The van der Waals surface area contributed by atoms with Crippen LogP contribution in [0.1, 0.15) is 16.8 Å². The van der Waals surface area contributed by atoms with Crippen LogP contribution in [-0.2, 0) is 4.79 Å². The summed E-state index contributed by atoms with van der Waals surface area (Å²) in [4.78, 5) is 22.7. The lowest BCUT2D eigenvalue weighted by atomic mass is 10.1. The van der Waals surface area contributed by atoms with E-state index in [4.69, 9.17) is 11.5 Å². The minimum atomic E-state index is -0.718. The van der Waals surface area contributed by atoms with Gasteiger partial charge < -0.3 is 16.8 Å². The molecule has 5 nitrogen and oxygen atoms in total. The Kier molecular flexibility index (Phi) is 5.78. The molecule has 0 saturated carbocycles. The zero-order valence-electron chi connectivity index (χ0n) is 10.5. The minimum absolute atomic E-state index is 0.0964. The Balaban J connectivity index is 2.78. The summed E-state index contributed by atoms with van der Waals surface area (Å²) >= 11 is 1.57. The van der Waals surface area contributed by atoms with Crippen LogP contribution in [0.3, 0.4) is 0 Å². The van der Waals surface area contributed by atoms with Crippen LogP contribution in [-0.4, -0.2) is 29.9 Å². The molecule has 0 unspecified atom stereocenters. The number of carbonyl (C=O) groups excluding carboxylic acids is 2. The predicted octanol–water partition coefficient (Wildman–Crippen LogP) is 0.944. The van der Waals surface area contributed by atoms with E-state index in [2.05, 4.69) is 5.32 Å². The van der Waals surface area contributed by atoms with E-state index in [-0.39, 0.29) is 11.3 Å². The normalized spacial score (nSPS) is 11.9. The van der Waals surface area contributed by atoms with Gasteiger partial charge in [-0.1, -0.05) is 0 Å². The first-order valence-electron chi connectivity index (χ1n) is 5.60. The van der Waals surface area contributed by atoms with Crippen LogP contribution in [0.5, 0.6) is 0 Å². The quantitative estimate of drug-likeness (QED) is 0.724. The standard InChI is InChI=1S/C12H16FN3O2S/c1-19-5-4-9(14)12(18)16-10-6-7(11(15)17)2-3-8(10)13/h2-3,6,9H,4-5,14H2,1H3,(H2,15,17)(H,16,18)/t9-/m0/s1. The van der Waals surface area contributed by atoms with Crippen molar-refractivity contribution in [2.45, 2.75) is 12.5 Å². The van der Waals surface area contributed by atoms with E-state index >= 15 is 0 Å². The molecule has 0 aliphatic heterocycles. The molecule has 2 amide bonds. The van der Waals surface area contributed by atoms with E-state index in [1.165, 1.54) is 12.1 Å². The number of rotatable bonds is 6. The predicted molar refractivity (Wildman–Crippen MR) is 74.5 cm³/mol. The summed E-state index contributed by atoms with van der Waals surface area (Å²) in [6.07, 6.45) is 2.39. The molecule has 1 atom stereocenters. The van der Waals surface area contributed by atoms with Gasteiger partial charge in [0, 0.05) is 5.56 Å². The number of primary amides is 1. The van der Waals surface area contributed by atoms with Gasteiger partial charge in [0.1, 0.15) is 5.82 Å². The van der Waals surface area contributed by atoms with Gasteiger partial charge in [-0.15, -0.1) is 0 Å². The summed E-state index contributed by atoms with van der Waals surface area (Å²) in [5.41, 5.74) is 10.8. The maximum absolute atomic E-state index is 13.5. The molecule has 0 aliphatic carbocycles. The number of nitrogens with two attached hydrogens (primary N) is 2. The lowest BCUT2D eigenvalue weighted by Crippen LogP contribution is -2.36. The first kappa shape index (κ1) is 15.5. The first-order valence-corrected chi connectivity index (χ1v) is 6.99. The maximum atomic E-state index is 13.5. The van der Waals surface area contributed by atoms with Gasteiger partial charge in [0.25, 0.3) is 0 Å². The van der Waals surface area contributed by atoms with Gasteiger partial charge in [-0.3, -0.25) is 9.59 Å². The summed E-state index contributed by atoms with van der Waals surface area (Å²) in [5, 5.41) is 2.36. The van der Waals surface area contributed by atoms with Gasteiger partial charge in [0.15, 0.2) is 0 Å². The summed E-state index contributed by atoms with van der Waals surface area (Å²) in [6.45, 7) is 0. The van der Waals surface area contributed by atoms with E-state index < -0.39 is 23.7 Å². The Hall–Kier alpha value is -1.60. The van der Waals surface area contributed by atoms with Crippen molar-refractivity contribution in [1.29, 1.82) is 0 Å². The fourth-order valence-electron chi connectivity index (χ4n) is 1.38. The van der Waals surface area contributed by atoms with Crippen LogP contribution >= 0.6 is 11.8 Å². The fourth-order valence-corrected chi connectivity index (χ4v) is 1.87. The van der Waals surface area contributed by atoms with Crippen molar-refractivity contribution in [1.82, 2.24) is 0 Å². The van der Waals surface area contributed by atoms with Crippen LogP contribution in [0.25, 0.3) is 0 Å². The Bertz CT molecular complexity index is 482. The highest BCUT2D eigenvalue weighted by atomic mass is 32.2. The average Bonchev–Trinajstić information content (AvgIpc) is 2.38. The SMILES string of the molecule is CSCC[C@H](N)C(=O)Nc1cc(C(N)=O)ccc1F. The summed E-state index contributed by atoms with van der Waals surface area (Å²) in [6, 6.07) is 2.80. The third-order valence-corrected chi connectivity index (χ3v) is 3.12. The third kappa shape index (κ3) is 4.53. The molecule has 0 saturated heterocycles. The second-order valence-electron chi connectivity index (χ2n) is 3.94. The molecule has 0 aliphatic rings.